The molecule has 7 heteroatoms. The fourth-order valence-corrected chi connectivity index (χ4v) is 1.66. The summed E-state index contributed by atoms with van der Waals surface area (Å²) in [7, 11) is 0. The smallest absolute Gasteiger partial charge is 0.419 e. The van der Waals surface area contributed by atoms with E-state index in [0.717, 1.165) is 18.3 Å². The average molecular weight is 299 g/mol. The first kappa shape index (κ1) is 15.0. The van der Waals surface area contributed by atoms with E-state index in [0.29, 0.717) is 17.9 Å². The number of alkyl halides is 3. The molecule has 0 saturated carbocycles. The van der Waals surface area contributed by atoms with E-state index in [1.54, 1.807) is 0 Å². The van der Waals surface area contributed by atoms with Crippen LogP contribution >= 0.6 is 0 Å². The lowest BCUT2D eigenvalue weighted by Gasteiger charge is -2.14. The van der Waals surface area contributed by atoms with Crippen molar-refractivity contribution in [1.82, 2.24) is 4.98 Å². The minimum absolute atomic E-state index is 0.109. The lowest BCUT2D eigenvalue weighted by Crippen LogP contribution is -2.09. The summed E-state index contributed by atoms with van der Waals surface area (Å²) in [4.78, 5) is 14.1. The van der Waals surface area contributed by atoms with Crippen LogP contribution in [0.2, 0.25) is 0 Å². The third-order valence-electron chi connectivity index (χ3n) is 2.60. The number of hydrogen-bond donors (Lipinski definition) is 0. The second kappa shape index (κ2) is 5.90. The molecule has 1 aromatic heterocycles. The van der Waals surface area contributed by atoms with Crippen molar-refractivity contribution in [2.24, 2.45) is 0 Å². The third-order valence-corrected chi connectivity index (χ3v) is 2.60. The van der Waals surface area contributed by atoms with Crippen LogP contribution in [-0.4, -0.2) is 11.3 Å². The van der Waals surface area contributed by atoms with Crippen molar-refractivity contribution in [3.05, 3.63) is 59.2 Å². The fourth-order valence-electron chi connectivity index (χ4n) is 1.66. The molecule has 0 unspecified atom stereocenters. The molecular weight excluding hydrogens is 290 g/mol. The van der Waals surface area contributed by atoms with Crippen LogP contribution in [0.1, 0.15) is 21.5 Å². The molecule has 1 aromatic carbocycles. The van der Waals surface area contributed by atoms with Crippen LogP contribution in [0.25, 0.3) is 0 Å². The van der Waals surface area contributed by atoms with E-state index in [2.05, 4.69) is 4.98 Å². The Morgan fingerprint density at radius 2 is 1.95 bits per heavy atom. The summed E-state index contributed by atoms with van der Waals surface area (Å²) in [5, 5.41) is 0. The maximum absolute atomic E-state index is 12.9. The number of ether oxygens (including phenoxy) is 1. The fraction of sp³-hybridized carbons (Fsp3) is 0.143. The largest absolute Gasteiger partial charge is 0.488 e. The van der Waals surface area contributed by atoms with Crippen molar-refractivity contribution in [3.63, 3.8) is 0 Å². The molecule has 110 valence electrons. The van der Waals surface area contributed by atoms with E-state index >= 15 is 0 Å². The average Bonchev–Trinajstić information content (AvgIpc) is 2.44. The van der Waals surface area contributed by atoms with Gasteiger partial charge in [0.1, 0.15) is 24.5 Å². The number of benzene rings is 1. The topological polar surface area (TPSA) is 39.2 Å². The number of carbonyl (C=O) groups excluding carboxylic acids is 1. The molecule has 0 fully saturated rings. The van der Waals surface area contributed by atoms with Gasteiger partial charge >= 0.3 is 6.18 Å². The second-order valence-corrected chi connectivity index (χ2v) is 4.17. The number of rotatable bonds is 4. The molecule has 2 rings (SSSR count). The number of aromatic nitrogens is 1. The first-order valence-electron chi connectivity index (χ1n) is 5.79. The SMILES string of the molecule is O=Cc1ccc(OCc2cncc(F)c2)c(C(F)(F)F)c1. The van der Waals surface area contributed by atoms with Gasteiger partial charge in [0.05, 0.1) is 11.8 Å². The van der Waals surface area contributed by atoms with Crippen molar-refractivity contribution in [2.75, 3.05) is 0 Å². The standard InChI is InChI=1S/C14H9F4NO2/c15-11-3-10(5-19-6-11)8-21-13-2-1-9(7-20)4-12(13)14(16,17)18/h1-7H,8H2. The number of pyridine rings is 1. The number of nitrogens with zero attached hydrogens (tertiary/aromatic N) is 1. The Kier molecular flexibility index (Phi) is 4.21. The summed E-state index contributed by atoms with van der Waals surface area (Å²) < 4.78 is 56.6. The van der Waals surface area contributed by atoms with Gasteiger partial charge in [-0.2, -0.15) is 13.2 Å². The zero-order valence-corrected chi connectivity index (χ0v) is 10.5. The number of halogens is 4. The predicted octanol–water partition coefficient (Wildman–Crippen LogP) is 3.63. The van der Waals surface area contributed by atoms with Gasteiger partial charge in [0.25, 0.3) is 0 Å². The minimum Gasteiger partial charge on any atom is -0.488 e. The predicted molar refractivity (Wildman–Crippen MR) is 65.4 cm³/mol. The third kappa shape index (κ3) is 3.77. The van der Waals surface area contributed by atoms with Gasteiger partial charge < -0.3 is 4.74 Å². The van der Waals surface area contributed by atoms with Gasteiger partial charge in [0.2, 0.25) is 0 Å². The second-order valence-electron chi connectivity index (χ2n) is 4.17. The van der Waals surface area contributed by atoms with Crippen LogP contribution in [-0.2, 0) is 12.8 Å². The van der Waals surface area contributed by atoms with E-state index in [4.69, 9.17) is 4.74 Å². The lowest BCUT2D eigenvalue weighted by molar-refractivity contribution is -0.139. The highest BCUT2D eigenvalue weighted by atomic mass is 19.4. The number of aldehydes is 1. The van der Waals surface area contributed by atoms with Gasteiger partial charge in [-0.15, -0.1) is 0 Å². The molecule has 0 aliphatic carbocycles. The lowest BCUT2D eigenvalue weighted by atomic mass is 10.1. The van der Waals surface area contributed by atoms with E-state index < -0.39 is 23.3 Å². The minimum atomic E-state index is -4.66. The van der Waals surface area contributed by atoms with E-state index in [1.165, 1.54) is 12.3 Å². The van der Waals surface area contributed by atoms with E-state index in [9.17, 15) is 22.4 Å². The first-order valence-corrected chi connectivity index (χ1v) is 5.79. The number of carbonyl (C=O) groups is 1. The molecule has 0 N–H and O–H groups in total. The molecule has 0 amide bonds. The van der Waals surface area contributed by atoms with Crippen molar-refractivity contribution >= 4 is 6.29 Å². The van der Waals surface area contributed by atoms with Crippen molar-refractivity contribution in [2.45, 2.75) is 12.8 Å². The molecule has 0 saturated heterocycles. The Bertz CT molecular complexity index is 656. The van der Waals surface area contributed by atoms with Crippen LogP contribution in [0, 0.1) is 5.82 Å². The summed E-state index contributed by atoms with van der Waals surface area (Å²) in [5.41, 5.74) is -0.874. The van der Waals surface area contributed by atoms with Gasteiger partial charge in [-0.3, -0.25) is 9.78 Å². The molecule has 3 nitrogen and oxygen atoms in total. The highest BCUT2D eigenvalue weighted by Gasteiger charge is 2.34. The highest BCUT2D eigenvalue weighted by molar-refractivity contribution is 5.75. The molecule has 0 aliphatic heterocycles. The Balaban J connectivity index is 2.25. The van der Waals surface area contributed by atoms with Crippen molar-refractivity contribution in [1.29, 1.82) is 0 Å². The van der Waals surface area contributed by atoms with Crippen LogP contribution in [0.5, 0.6) is 5.75 Å². The Morgan fingerprint density at radius 1 is 1.19 bits per heavy atom. The van der Waals surface area contributed by atoms with Gasteiger partial charge in [-0.05, 0) is 24.3 Å². The van der Waals surface area contributed by atoms with Gasteiger partial charge in [0.15, 0.2) is 0 Å². The summed E-state index contributed by atoms with van der Waals surface area (Å²) >= 11 is 0. The molecule has 0 aliphatic rings. The summed E-state index contributed by atoms with van der Waals surface area (Å²) in [6.07, 6.45) is -2.08. The molecule has 0 atom stereocenters. The summed E-state index contributed by atoms with van der Waals surface area (Å²) in [6, 6.07) is 4.08. The van der Waals surface area contributed by atoms with E-state index in [-0.39, 0.29) is 12.2 Å². The number of hydrogen-bond acceptors (Lipinski definition) is 3. The molecule has 0 spiro atoms. The van der Waals surface area contributed by atoms with Gasteiger partial charge in [-0.25, -0.2) is 4.39 Å². The Hall–Kier alpha value is -2.44. The molecular formula is C14H9F4NO2. The quantitative estimate of drug-likeness (QED) is 0.639. The maximum Gasteiger partial charge on any atom is 0.419 e. The normalized spacial score (nSPS) is 11.2. The zero-order chi connectivity index (χ0) is 15.5. The van der Waals surface area contributed by atoms with Crippen molar-refractivity contribution < 1.29 is 27.1 Å². The molecule has 21 heavy (non-hydrogen) atoms. The monoisotopic (exact) mass is 299 g/mol. The van der Waals surface area contributed by atoms with E-state index in [1.807, 2.05) is 0 Å². The molecule has 0 radical (unpaired) electrons. The van der Waals surface area contributed by atoms with Crippen LogP contribution in [0.3, 0.4) is 0 Å². The zero-order valence-electron chi connectivity index (χ0n) is 10.5. The first-order chi connectivity index (χ1) is 9.90. The highest BCUT2D eigenvalue weighted by Crippen LogP contribution is 2.36. The molecule has 1 heterocycles. The van der Waals surface area contributed by atoms with Crippen LogP contribution < -0.4 is 4.74 Å². The van der Waals surface area contributed by atoms with Crippen LogP contribution in [0.15, 0.2) is 36.7 Å². The van der Waals surface area contributed by atoms with Crippen LogP contribution in [0.4, 0.5) is 17.6 Å². The Morgan fingerprint density at radius 3 is 2.57 bits per heavy atom. The summed E-state index contributed by atoms with van der Waals surface area (Å²) in [5.74, 6) is -1.04. The van der Waals surface area contributed by atoms with Gasteiger partial charge in [0, 0.05) is 17.3 Å². The molecule has 0 bridgehead atoms. The van der Waals surface area contributed by atoms with Gasteiger partial charge in [-0.1, -0.05) is 0 Å². The Labute approximate surface area is 117 Å². The molecule has 2 aromatic rings. The maximum atomic E-state index is 12.9. The summed E-state index contributed by atoms with van der Waals surface area (Å²) in [6.45, 7) is -0.270. The van der Waals surface area contributed by atoms with Crippen molar-refractivity contribution in [3.8, 4) is 5.75 Å².